The maximum Gasteiger partial charge on any atom is 0.191 e. The number of guanidine groups is 1. The van der Waals surface area contributed by atoms with Gasteiger partial charge < -0.3 is 20.1 Å². The molecule has 0 amide bonds. The normalized spacial score (nSPS) is 17.2. The van der Waals surface area contributed by atoms with Crippen molar-refractivity contribution in [2.75, 3.05) is 26.7 Å². The number of benzene rings is 1. The molecule has 0 fully saturated rings. The van der Waals surface area contributed by atoms with Crippen LogP contribution >= 0.6 is 0 Å². The molecule has 1 aromatic rings. The quantitative estimate of drug-likeness (QED) is 0.462. The highest BCUT2D eigenvalue weighted by Crippen LogP contribution is 2.30. The number of rotatable bonds is 7. The molecule has 0 saturated carbocycles. The summed E-state index contributed by atoms with van der Waals surface area (Å²) in [5, 5.41) is 6.62. The summed E-state index contributed by atoms with van der Waals surface area (Å²) >= 11 is 0. The van der Waals surface area contributed by atoms with Crippen molar-refractivity contribution in [2.24, 2.45) is 4.99 Å². The van der Waals surface area contributed by atoms with E-state index in [1.165, 1.54) is 25.7 Å². The van der Waals surface area contributed by atoms with Crippen molar-refractivity contribution in [2.45, 2.75) is 38.7 Å². The predicted octanol–water partition coefficient (Wildman–Crippen LogP) is 2.57. The lowest BCUT2D eigenvalue weighted by Gasteiger charge is -2.27. The second-order valence-electron chi connectivity index (χ2n) is 5.44. The number of unbranched alkanes of at least 4 members (excludes halogenated alkanes) is 3. The van der Waals surface area contributed by atoms with Gasteiger partial charge in [-0.2, -0.15) is 0 Å². The smallest absolute Gasteiger partial charge is 0.191 e. The molecule has 0 saturated heterocycles. The molecule has 1 unspecified atom stereocenters. The lowest BCUT2D eigenvalue weighted by molar-refractivity contribution is 0.0936. The first-order valence-electron chi connectivity index (χ1n) is 8.16. The second kappa shape index (κ2) is 9.18. The van der Waals surface area contributed by atoms with E-state index in [4.69, 9.17) is 9.47 Å². The van der Waals surface area contributed by atoms with E-state index in [-0.39, 0.29) is 6.10 Å². The minimum atomic E-state index is -0.00598. The summed E-state index contributed by atoms with van der Waals surface area (Å²) in [4.78, 5) is 4.23. The van der Waals surface area contributed by atoms with Crippen LogP contribution in [0.25, 0.3) is 0 Å². The van der Waals surface area contributed by atoms with Crippen molar-refractivity contribution in [1.82, 2.24) is 10.6 Å². The fourth-order valence-electron chi connectivity index (χ4n) is 2.35. The Bertz CT molecular complexity index is 477. The van der Waals surface area contributed by atoms with E-state index >= 15 is 0 Å². The molecule has 5 nitrogen and oxygen atoms in total. The summed E-state index contributed by atoms with van der Waals surface area (Å²) in [5.74, 6) is 2.44. The molecular formula is C17H27N3O2. The van der Waals surface area contributed by atoms with Gasteiger partial charge in [-0.1, -0.05) is 38.3 Å². The van der Waals surface area contributed by atoms with E-state index < -0.39 is 0 Å². The first-order chi connectivity index (χ1) is 10.8. The van der Waals surface area contributed by atoms with Crippen molar-refractivity contribution in [3.63, 3.8) is 0 Å². The van der Waals surface area contributed by atoms with Crippen LogP contribution in [0.5, 0.6) is 11.5 Å². The Hall–Kier alpha value is -1.91. The zero-order valence-corrected chi connectivity index (χ0v) is 13.6. The molecule has 2 rings (SSSR count). The molecule has 122 valence electrons. The molecule has 22 heavy (non-hydrogen) atoms. The standard InChI is InChI=1S/C17H27N3O2/c1-3-4-5-8-11-19-17(18-2)20-12-14-13-21-15-9-6-7-10-16(15)22-14/h6-7,9-10,14H,3-5,8,11-13H2,1-2H3,(H2,18,19,20). The average molecular weight is 305 g/mol. The number of hydrogen-bond donors (Lipinski definition) is 2. The number of hydrogen-bond acceptors (Lipinski definition) is 3. The molecule has 0 spiro atoms. The fraction of sp³-hybridized carbons (Fsp3) is 0.588. The van der Waals surface area contributed by atoms with Crippen LogP contribution in [0.1, 0.15) is 32.6 Å². The highest BCUT2D eigenvalue weighted by molar-refractivity contribution is 5.79. The zero-order chi connectivity index (χ0) is 15.6. The molecule has 1 aliphatic rings. The van der Waals surface area contributed by atoms with Crippen molar-refractivity contribution in [1.29, 1.82) is 0 Å². The Morgan fingerprint density at radius 2 is 2.00 bits per heavy atom. The Morgan fingerprint density at radius 3 is 2.77 bits per heavy atom. The maximum atomic E-state index is 5.91. The van der Waals surface area contributed by atoms with Crippen LogP contribution in [0.4, 0.5) is 0 Å². The molecule has 1 aromatic carbocycles. The van der Waals surface area contributed by atoms with Gasteiger partial charge in [-0.15, -0.1) is 0 Å². The second-order valence-corrected chi connectivity index (χ2v) is 5.44. The summed E-state index contributed by atoms with van der Waals surface area (Å²) < 4.78 is 11.6. The molecule has 1 heterocycles. The third kappa shape index (κ3) is 5.13. The third-order valence-electron chi connectivity index (χ3n) is 3.61. The van der Waals surface area contributed by atoms with E-state index in [1.54, 1.807) is 7.05 Å². The van der Waals surface area contributed by atoms with Gasteiger partial charge in [0.15, 0.2) is 17.5 Å². The van der Waals surface area contributed by atoms with Crippen molar-refractivity contribution < 1.29 is 9.47 Å². The van der Waals surface area contributed by atoms with Crippen LogP contribution in [-0.4, -0.2) is 38.8 Å². The highest BCUT2D eigenvalue weighted by Gasteiger charge is 2.20. The van der Waals surface area contributed by atoms with Gasteiger partial charge in [-0.3, -0.25) is 4.99 Å². The fourth-order valence-corrected chi connectivity index (χ4v) is 2.35. The van der Waals surface area contributed by atoms with E-state index in [0.29, 0.717) is 13.2 Å². The molecule has 0 aromatic heterocycles. The highest BCUT2D eigenvalue weighted by atomic mass is 16.6. The Kier molecular flexibility index (Phi) is 6.87. The van der Waals surface area contributed by atoms with Gasteiger partial charge in [0.2, 0.25) is 0 Å². The van der Waals surface area contributed by atoms with Gasteiger partial charge in [0.25, 0.3) is 0 Å². The Balaban J connectivity index is 1.68. The molecule has 2 N–H and O–H groups in total. The van der Waals surface area contributed by atoms with Gasteiger partial charge >= 0.3 is 0 Å². The van der Waals surface area contributed by atoms with Gasteiger partial charge in [0.05, 0.1) is 6.54 Å². The molecule has 1 aliphatic heterocycles. The minimum Gasteiger partial charge on any atom is -0.486 e. The first-order valence-corrected chi connectivity index (χ1v) is 8.16. The summed E-state index contributed by atoms with van der Waals surface area (Å²) in [6, 6.07) is 7.76. The number of aliphatic imine (C=N–C) groups is 1. The number of nitrogens with one attached hydrogen (secondary N) is 2. The monoisotopic (exact) mass is 305 g/mol. The summed E-state index contributed by atoms with van der Waals surface area (Å²) in [6.07, 6.45) is 4.98. The van der Waals surface area contributed by atoms with Crippen LogP contribution in [0.3, 0.4) is 0 Å². The molecule has 0 aliphatic carbocycles. The van der Waals surface area contributed by atoms with E-state index in [2.05, 4.69) is 22.5 Å². The van der Waals surface area contributed by atoms with Gasteiger partial charge in [0.1, 0.15) is 12.7 Å². The van der Waals surface area contributed by atoms with Crippen LogP contribution in [0, 0.1) is 0 Å². The van der Waals surface area contributed by atoms with Crippen LogP contribution in [-0.2, 0) is 0 Å². The number of para-hydroxylation sites is 2. The summed E-state index contributed by atoms with van der Waals surface area (Å²) in [5.41, 5.74) is 0. The lowest BCUT2D eigenvalue weighted by atomic mass is 10.2. The molecule has 0 radical (unpaired) electrons. The SMILES string of the molecule is CCCCCCNC(=NC)NCC1COc2ccccc2O1. The van der Waals surface area contributed by atoms with Crippen molar-refractivity contribution in [3.05, 3.63) is 24.3 Å². The summed E-state index contributed by atoms with van der Waals surface area (Å²) in [6.45, 7) is 4.39. The Labute approximate surface area is 133 Å². The topological polar surface area (TPSA) is 54.9 Å². The van der Waals surface area contributed by atoms with Crippen LogP contribution < -0.4 is 20.1 Å². The lowest BCUT2D eigenvalue weighted by Crippen LogP contribution is -2.45. The molecule has 1 atom stereocenters. The van der Waals surface area contributed by atoms with Gasteiger partial charge in [-0.25, -0.2) is 0 Å². The van der Waals surface area contributed by atoms with Gasteiger partial charge in [-0.05, 0) is 18.6 Å². The van der Waals surface area contributed by atoms with E-state index in [1.807, 2.05) is 24.3 Å². The Morgan fingerprint density at radius 1 is 1.18 bits per heavy atom. The van der Waals surface area contributed by atoms with E-state index in [0.717, 1.165) is 24.0 Å². The minimum absolute atomic E-state index is 0.00598. The zero-order valence-electron chi connectivity index (χ0n) is 13.6. The maximum absolute atomic E-state index is 5.91. The van der Waals surface area contributed by atoms with Crippen LogP contribution in [0.2, 0.25) is 0 Å². The molecular weight excluding hydrogens is 278 g/mol. The van der Waals surface area contributed by atoms with Crippen LogP contribution in [0.15, 0.2) is 29.3 Å². The average Bonchev–Trinajstić information content (AvgIpc) is 2.57. The number of fused-ring (bicyclic) bond motifs is 1. The van der Waals surface area contributed by atoms with Crippen molar-refractivity contribution in [3.8, 4) is 11.5 Å². The molecule has 0 bridgehead atoms. The van der Waals surface area contributed by atoms with Gasteiger partial charge in [0, 0.05) is 13.6 Å². The molecule has 5 heteroatoms. The third-order valence-corrected chi connectivity index (χ3v) is 3.61. The number of ether oxygens (including phenoxy) is 2. The largest absolute Gasteiger partial charge is 0.486 e. The summed E-state index contributed by atoms with van der Waals surface area (Å²) in [7, 11) is 1.79. The predicted molar refractivity (Wildman–Crippen MR) is 89.9 cm³/mol. The first kappa shape index (κ1) is 16.5. The number of nitrogens with zero attached hydrogens (tertiary/aromatic N) is 1. The van der Waals surface area contributed by atoms with Crippen molar-refractivity contribution >= 4 is 5.96 Å². The van der Waals surface area contributed by atoms with E-state index in [9.17, 15) is 0 Å².